The number of unbranched alkanes of at least 4 members (excludes halogenated alkanes) is 1. The van der Waals surface area contributed by atoms with Gasteiger partial charge < -0.3 is 49.0 Å². The molecular weight excluding hydrogens is 590 g/mol. The number of nitrogens with two attached hydrogens (primary N) is 4. The summed E-state index contributed by atoms with van der Waals surface area (Å²) in [4.78, 5) is 59.6. The third-order valence-corrected chi connectivity index (χ3v) is 7.51. The van der Waals surface area contributed by atoms with E-state index >= 15 is 0 Å². The molecule has 14 heteroatoms. The number of nitrogens with one attached hydrogen (secondary N) is 4. The predicted octanol–water partition coefficient (Wildman–Crippen LogP) is 0.00200. The number of carbonyl (C=O) groups excluding carboxylic acids is 3. The zero-order valence-electron chi connectivity index (χ0n) is 25.8. The number of aromatic amines is 1. The van der Waals surface area contributed by atoms with Crippen molar-refractivity contribution in [1.82, 2.24) is 20.9 Å². The monoisotopic (exact) mass is 635 g/mol. The minimum Gasteiger partial charge on any atom is -0.480 e. The molecule has 3 aromatic rings. The number of hydrogen-bond donors (Lipinski definition) is 9. The Labute approximate surface area is 267 Å². The largest absolute Gasteiger partial charge is 0.480 e. The molecule has 0 aliphatic heterocycles. The van der Waals surface area contributed by atoms with Crippen LogP contribution in [0, 0.1) is 0 Å². The van der Waals surface area contributed by atoms with Crippen molar-refractivity contribution in [2.45, 2.75) is 69.1 Å². The number of carbonyl (C=O) groups is 4. The zero-order valence-corrected chi connectivity index (χ0v) is 25.8. The number of para-hydroxylation sites is 1. The summed E-state index contributed by atoms with van der Waals surface area (Å²) in [7, 11) is 0. The highest BCUT2D eigenvalue weighted by Gasteiger charge is 2.31. The van der Waals surface area contributed by atoms with Crippen LogP contribution in [0.5, 0.6) is 0 Å². The molecule has 3 rings (SSSR count). The highest BCUT2D eigenvalue weighted by atomic mass is 16.4. The Hall–Kier alpha value is -4.95. The SMILES string of the molecule is NCCCCC(N)C(=O)NC(Cc1c[nH]c2ccccc12)C(=O)NC(Cc1ccccc1)C(=O)NC(CCCN=C(N)N)C(=O)O. The number of nitrogens with zero attached hydrogens (tertiary/aromatic N) is 1. The molecular formula is C32H45N9O5. The molecule has 0 spiro atoms. The van der Waals surface area contributed by atoms with Crippen LogP contribution in [-0.4, -0.2) is 77.0 Å². The number of fused-ring (bicyclic) bond motifs is 1. The maximum atomic E-state index is 13.9. The van der Waals surface area contributed by atoms with Crippen molar-refractivity contribution < 1.29 is 24.3 Å². The van der Waals surface area contributed by atoms with E-state index in [1.807, 2.05) is 30.3 Å². The van der Waals surface area contributed by atoms with Crippen molar-refractivity contribution in [3.05, 3.63) is 71.9 Å². The maximum absolute atomic E-state index is 13.9. The van der Waals surface area contributed by atoms with E-state index < -0.39 is 47.9 Å². The molecule has 3 amide bonds. The Kier molecular flexibility index (Phi) is 14.0. The fourth-order valence-electron chi connectivity index (χ4n) is 5.01. The topological polar surface area (TPSA) is 257 Å². The van der Waals surface area contributed by atoms with Crippen LogP contribution >= 0.6 is 0 Å². The van der Waals surface area contributed by atoms with Crippen LogP contribution in [0.25, 0.3) is 10.9 Å². The highest BCUT2D eigenvalue weighted by Crippen LogP contribution is 2.19. The normalized spacial score (nSPS) is 13.6. The number of aromatic nitrogens is 1. The summed E-state index contributed by atoms with van der Waals surface area (Å²) >= 11 is 0. The highest BCUT2D eigenvalue weighted by molar-refractivity contribution is 5.95. The first kappa shape index (κ1) is 35.5. The van der Waals surface area contributed by atoms with E-state index in [0.717, 1.165) is 22.0 Å². The van der Waals surface area contributed by atoms with Crippen LogP contribution in [-0.2, 0) is 32.0 Å². The van der Waals surface area contributed by atoms with Gasteiger partial charge in [0.2, 0.25) is 17.7 Å². The average Bonchev–Trinajstić information content (AvgIpc) is 3.44. The third kappa shape index (κ3) is 11.2. The van der Waals surface area contributed by atoms with Crippen LogP contribution in [0.15, 0.2) is 65.8 Å². The van der Waals surface area contributed by atoms with Gasteiger partial charge in [0.05, 0.1) is 6.04 Å². The fourth-order valence-corrected chi connectivity index (χ4v) is 5.01. The van der Waals surface area contributed by atoms with Crippen LogP contribution < -0.4 is 38.9 Å². The number of guanidine groups is 1. The molecule has 14 nitrogen and oxygen atoms in total. The van der Waals surface area contributed by atoms with Gasteiger partial charge in [-0.25, -0.2) is 4.79 Å². The van der Waals surface area contributed by atoms with Gasteiger partial charge in [0.25, 0.3) is 0 Å². The number of benzene rings is 2. The third-order valence-electron chi connectivity index (χ3n) is 7.51. The van der Waals surface area contributed by atoms with Gasteiger partial charge in [-0.05, 0) is 49.4 Å². The van der Waals surface area contributed by atoms with Gasteiger partial charge in [0.1, 0.15) is 18.1 Å². The lowest BCUT2D eigenvalue weighted by atomic mass is 10.0. The first-order chi connectivity index (χ1) is 22.1. The Balaban J connectivity index is 1.84. The first-order valence-electron chi connectivity index (χ1n) is 15.3. The van der Waals surface area contributed by atoms with Gasteiger partial charge in [-0.15, -0.1) is 0 Å². The number of carboxylic acid groups (broad SMARTS) is 1. The van der Waals surface area contributed by atoms with Crippen LogP contribution in [0.2, 0.25) is 0 Å². The summed E-state index contributed by atoms with van der Waals surface area (Å²) in [6.07, 6.45) is 4.07. The Morgan fingerprint density at radius 3 is 2.09 bits per heavy atom. The van der Waals surface area contributed by atoms with Crippen molar-refractivity contribution in [3.8, 4) is 0 Å². The van der Waals surface area contributed by atoms with E-state index in [-0.39, 0.29) is 31.8 Å². The summed E-state index contributed by atoms with van der Waals surface area (Å²) in [5.74, 6) is -3.18. The molecule has 0 fully saturated rings. The minimum atomic E-state index is -1.25. The summed E-state index contributed by atoms with van der Waals surface area (Å²) < 4.78 is 0. The van der Waals surface area contributed by atoms with Crippen molar-refractivity contribution in [2.24, 2.45) is 27.9 Å². The van der Waals surface area contributed by atoms with Gasteiger partial charge in [0, 0.05) is 36.5 Å². The second kappa shape index (κ2) is 18.1. The standard InChI is InChI=1S/C32H45N9O5/c33-15-7-6-12-23(34)28(42)40-27(18-21-19-38-24-13-5-4-11-22(21)24)30(44)41-26(17-20-9-2-1-3-10-20)29(43)39-25(31(45)46)14-8-16-37-32(35)36/h1-5,9-11,13,19,23,25-27,38H,6-8,12,14-18,33-34H2,(H,39,43)(H,40,42)(H,41,44)(H,45,46)(H4,35,36,37). The van der Waals surface area contributed by atoms with Crippen LogP contribution in [0.3, 0.4) is 0 Å². The van der Waals surface area contributed by atoms with Crippen molar-refractivity contribution >= 4 is 40.6 Å². The van der Waals surface area contributed by atoms with Gasteiger partial charge in [-0.2, -0.15) is 0 Å². The Morgan fingerprint density at radius 2 is 1.41 bits per heavy atom. The van der Waals surface area contributed by atoms with Gasteiger partial charge in [0.15, 0.2) is 5.96 Å². The molecule has 0 saturated heterocycles. The number of aliphatic carboxylic acids is 1. The first-order valence-corrected chi connectivity index (χ1v) is 15.3. The maximum Gasteiger partial charge on any atom is 0.326 e. The molecule has 4 atom stereocenters. The summed E-state index contributed by atoms with van der Waals surface area (Å²) in [5, 5.41) is 18.7. The molecule has 4 unspecified atom stereocenters. The van der Waals surface area contributed by atoms with E-state index in [1.54, 1.807) is 30.5 Å². The average molecular weight is 636 g/mol. The number of rotatable bonds is 19. The molecule has 248 valence electrons. The van der Waals surface area contributed by atoms with Gasteiger partial charge >= 0.3 is 5.97 Å². The molecule has 13 N–H and O–H groups in total. The molecule has 1 heterocycles. The number of H-pyrrole nitrogens is 1. The smallest absolute Gasteiger partial charge is 0.326 e. The van der Waals surface area contributed by atoms with Crippen LogP contribution in [0.4, 0.5) is 0 Å². The summed E-state index contributed by atoms with van der Waals surface area (Å²) in [5.41, 5.74) is 24.8. The lowest BCUT2D eigenvalue weighted by Crippen LogP contribution is -2.58. The van der Waals surface area contributed by atoms with E-state index in [1.165, 1.54) is 0 Å². The summed E-state index contributed by atoms with van der Waals surface area (Å²) in [6.45, 7) is 0.666. The Morgan fingerprint density at radius 1 is 0.783 bits per heavy atom. The predicted molar refractivity (Wildman–Crippen MR) is 176 cm³/mol. The lowest BCUT2D eigenvalue weighted by molar-refractivity contribution is -0.142. The lowest BCUT2D eigenvalue weighted by Gasteiger charge is -2.25. The molecule has 0 radical (unpaired) electrons. The molecule has 0 bridgehead atoms. The van der Waals surface area contributed by atoms with Gasteiger partial charge in [-0.3, -0.25) is 19.4 Å². The van der Waals surface area contributed by atoms with E-state index in [2.05, 4.69) is 25.9 Å². The zero-order chi connectivity index (χ0) is 33.5. The quantitative estimate of drug-likeness (QED) is 0.0487. The second-order valence-corrected chi connectivity index (χ2v) is 11.1. The molecule has 1 aromatic heterocycles. The molecule has 0 aliphatic carbocycles. The molecule has 2 aromatic carbocycles. The van der Waals surface area contributed by atoms with Crippen molar-refractivity contribution in [3.63, 3.8) is 0 Å². The Bertz CT molecular complexity index is 1470. The number of aliphatic imine (C=N–C) groups is 1. The molecule has 0 aliphatic rings. The van der Waals surface area contributed by atoms with Crippen molar-refractivity contribution in [1.29, 1.82) is 0 Å². The van der Waals surface area contributed by atoms with Crippen LogP contribution in [0.1, 0.15) is 43.2 Å². The molecule has 0 saturated carbocycles. The second-order valence-electron chi connectivity index (χ2n) is 11.1. The summed E-state index contributed by atoms with van der Waals surface area (Å²) in [6, 6.07) is 12.2. The van der Waals surface area contributed by atoms with E-state index in [4.69, 9.17) is 22.9 Å². The van der Waals surface area contributed by atoms with Crippen molar-refractivity contribution in [2.75, 3.05) is 13.1 Å². The van der Waals surface area contributed by atoms with Gasteiger partial charge in [-0.1, -0.05) is 55.0 Å². The number of amides is 3. The fraction of sp³-hybridized carbons (Fsp3) is 0.406. The van der Waals surface area contributed by atoms with E-state index in [0.29, 0.717) is 32.2 Å². The minimum absolute atomic E-state index is 0.0607. The number of hydrogen-bond acceptors (Lipinski definition) is 7. The van der Waals surface area contributed by atoms with E-state index in [9.17, 15) is 24.3 Å². The molecule has 46 heavy (non-hydrogen) atoms. The number of carboxylic acids is 1.